The number of rotatable bonds is 5. The van der Waals surface area contributed by atoms with Crippen LogP contribution in [0.2, 0.25) is 0 Å². The molecule has 3 heterocycles. The monoisotopic (exact) mass is 314 g/mol. The summed E-state index contributed by atoms with van der Waals surface area (Å²) in [6.07, 6.45) is 7.49. The Morgan fingerprint density at radius 3 is 3.09 bits per heavy atom. The van der Waals surface area contributed by atoms with Crippen molar-refractivity contribution in [2.24, 2.45) is 0 Å². The van der Waals surface area contributed by atoms with Crippen molar-refractivity contribution in [3.05, 3.63) is 41.5 Å². The minimum atomic E-state index is -0.0614. The molecule has 122 valence electrons. The number of nitrogens with one attached hydrogen (secondary N) is 2. The molecule has 0 aliphatic carbocycles. The van der Waals surface area contributed by atoms with Gasteiger partial charge < -0.3 is 10.3 Å². The molecular formula is C16H22N6O. The summed E-state index contributed by atoms with van der Waals surface area (Å²) in [5.41, 5.74) is 3.96. The first-order valence-electron chi connectivity index (χ1n) is 7.91. The molecule has 1 fully saturated rings. The summed E-state index contributed by atoms with van der Waals surface area (Å²) >= 11 is 0. The molecule has 23 heavy (non-hydrogen) atoms. The quantitative estimate of drug-likeness (QED) is 0.873. The zero-order valence-electron chi connectivity index (χ0n) is 13.5. The number of aromatic nitrogens is 4. The van der Waals surface area contributed by atoms with E-state index in [-0.39, 0.29) is 11.9 Å². The fourth-order valence-corrected chi connectivity index (χ4v) is 2.97. The van der Waals surface area contributed by atoms with Crippen LogP contribution in [0.1, 0.15) is 48.6 Å². The lowest BCUT2D eigenvalue weighted by molar-refractivity contribution is -0.119. The molecule has 7 nitrogen and oxygen atoms in total. The molecule has 2 N–H and O–H groups in total. The number of hydrogen-bond acceptors (Lipinski definition) is 5. The Labute approximate surface area is 135 Å². The molecule has 2 aromatic rings. The van der Waals surface area contributed by atoms with Crippen LogP contribution < -0.4 is 5.32 Å². The highest BCUT2D eigenvalue weighted by molar-refractivity contribution is 5.72. The molecule has 1 amide bonds. The number of hydrogen-bond donors (Lipinski definition) is 2. The van der Waals surface area contributed by atoms with Crippen LogP contribution in [-0.2, 0) is 17.9 Å². The molecule has 1 saturated heterocycles. The highest BCUT2D eigenvalue weighted by Crippen LogP contribution is 2.31. The SMILES string of the molecule is CC(=O)NCc1cncc(C2CCCN2Cc2nc[nH]c2C)n1. The van der Waals surface area contributed by atoms with E-state index in [0.29, 0.717) is 6.54 Å². The number of likely N-dealkylation sites (tertiary alicyclic amines) is 1. The van der Waals surface area contributed by atoms with E-state index in [9.17, 15) is 4.79 Å². The third-order valence-electron chi connectivity index (χ3n) is 4.21. The molecule has 0 spiro atoms. The van der Waals surface area contributed by atoms with E-state index in [1.165, 1.54) is 6.92 Å². The van der Waals surface area contributed by atoms with Crippen LogP contribution in [0.5, 0.6) is 0 Å². The van der Waals surface area contributed by atoms with Crippen molar-refractivity contribution in [3.63, 3.8) is 0 Å². The summed E-state index contributed by atoms with van der Waals surface area (Å²) in [6.45, 7) is 5.82. The number of amides is 1. The van der Waals surface area contributed by atoms with Crippen LogP contribution in [0, 0.1) is 6.92 Å². The summed E-state index contributed by atoms with van der Waals surface area (Å²) in [5, 5.41) is 2.77. The van der Waals surface area contributed by atoms with Gasteiger partial charge in [0.15, 0.2) is 0 Å². The molecule has 7 heteroatoms. The molecular weight excluding hydrogens is 292 g/mol. The largest absolute Gasteiger partial charge is 0.351 e. The Kier molecular flexibility index (Phi) is 4.66. The maximum absolute atomic E-state index is 11.0. The van der Waals surface area contributed by atoms with Gasteiger partial charge in [-0.15, -0.1) is 0 Å². The van der Waals surface area contributed by atoms with E-state index < -0.39 is 0 Å². The summed E-state index contributed by atoms with van der Waals surface area (Å²) in [6, 6.07) is 0.260. The van der Waals surface area contributed by atoms with E-state index in [2.05, 4.69) is 30.2 Å². The van der Waals surface area contributed by atoms with Crippen molar-refractivity contribution >= 4 is 5.91 Å². The Bertz CT molecular complexity index is 683. The van der Waals surface area contributed by atoms with Gasteiger partial charge in [0.1, 0.15) is 0 Å². The van der Waals surface area contributed by atoms with Crippen LogP contribution in [0.25, 0.3) is 0 Å². The van der Waals surface area contributed by atoms with Gasteiger partial charge in [0.25, 0.3) is 0 Å². The van der Waals surface area contributed by atoms with Crippen molar-refractivity contribution in [2.45, 2.75) is 45.8 Å². The van der Waals surface area contributed by atoms with Crippen LogP contribution in [0.4, 0.5) is 0 Å². The van der Waals surface area contributed by atoms with Gasteiger partial charge in [-0.25, -0.2) is 4.98 Å². The Hall–Kier alpha value is -2.28. The van der Waals surface area contributed by atoms with Crippen molar-refractivity contribution in [1.29, 1.82) is 0 Å². The number of imidazole rings is 1. The predicted molar refractivity (Wildman–Crippen MR) is 85.3 cm³/mol. The number of H-pyrrole nitrogens is 1. The predicted octanol–water partition coefficient (Wildman–Crippen LogP) is 1.48. The molecule has 0 aromatic carbocycles. The van der Waals surface area contributed by atoms with Gasteiger partial charge in [-0.3, -0.25) is 19.7 Å². The van der Waals surface area contributed by atoms with E-state index in [4.69, 9.17) is 0 Å². The highest BCUT2D eigenvalue weighted by Gasteiger charge is 2.28. The third kappa shape index (κ3) is 3.73. The molecule has 0 radical (unpaired) electrons. The molecule has 1 aliphatic heterocycles. The van der Waals surface area contributed by atoms with Gasteiger partial charge in [-0.05, 0) is 26.3 Å². The lowest BCUT2D eigenvalue weighted by Crippen LogP contribution is -2.25. The highest BCUT2D eigenvalue weighted by atomic mass is 16.1. The average molecular weight is 314 g/mol. The number of carbonyl (C=O) groups is 1. The third-order valence-corrected chi connectivity index (χ3v) is 4.21. The van der Waals surface area contributed by atoms with Crippen LogP contribution in [0.15, 0.2) is 18.7 Å². The minimum absolute atomic E-state index is 0.0614. The van der Waals surface area contributed by atoms with Gasteiger partial charge in [0.2, 0.25) is 5.91 Å². The van der Waals surface area contributed by atoms with E-state index in [0.717, 1.165) is 48.7 Å². The Morgan fingerprint density at radius 1 is 1.48 bits per heavy atom. The number of nitrogens with zero attached hydrogens (tertiary/aromatic N) is 4. The molecule has 0 saturated carbocycles. The fourth-order valence-electron chi connectivity index (χ4n) is 2.97. The standard InChI is InChI=1S/C16H22N6O/c1-11-15(20-10-19-11)9-22-5-3-4-16(22)14-8-17-6-13(21-14)7-18-12(2)23/h6,8,10,16H,3-5,7,9H2,1-2H3,(H,18,23)(H,19,20). The molecule has 1 atom stereocenters. The zero-order valence-corrected chi connectivity index (χ0v) is 13.5. The normalized spacial score (nSPS) is 18.3. The van der Waals surface area contributed by atoms with Crippen molar-refractivity contribution < 1.29 is 4.79 Å². The number of carbonyl (C=O) groups excluding carboxylic acids is 1. The molecule has 1 unspecified atom stereocenters. The Balaban J connectivity index is 1.73. The van der Waals surface area contributed by atoms with Gasteiger partial charge in [0, 0.05) is 19.2 Å². The van der Waals surface area contributed by atoms with Crippen molar-refractivity contribution in [3.8, 4) is 0 Å². The summed E-state index contributed by atoms with van der Waals surface area (Å²) in [7, 11) is 0. The van der Waals surface area contributed by atoms with Gasteiger partial charge >= 0.3 is 0 Å². The lowest BCUT2D eigenvalue weighted by atomic mass is 10.1. The van der Waals surface area contributed by atoms with Crippen LogP contribution in [0.3, 0.4) is 0 Å². The zero-order chi connectivity index (χ0) is 16.2. The first kappa shape index (κ1) is 15.6. The van der Waals surface area contributed by atoms with E-state index >= 15 is 0 Å². The van der Waals surface area contributed by atoms with Gasteiger partial charge in [-0.2, -0.15) is 0 Å². The summed E-state index contributed by atoms with van der Waals surface area (Å²) in [5.74, 6) is -0.0614. The van der Waals surface area contributed by atoms with Crippen LogP contribution >= 0.6 is 0 Å². The topological polar surface area (TPSA) is 86.8 Å². The average Bonchev–Trinajstić information content (AvgIpc) is 3.16. The minimum Gasteiger partial charge on any atom is -0.351 e. The maximum atomic E-state index is 11.0. The van der Waals surface area contributed by atoms with Crippen molar-refractivity contribution in [2.75, 3.05) is 6.54 Å². The maximum Gasteiger partial charge on any atom is 0.217 e. The Morgan fingerprint density at radius 2 is 2.35 bits per heavy atom. The second-order valence-electron chi connectivity index (χ2n) is 5.95. The van der Waals surface area contributed by atoms with Crippen LogP contribution in [-0.4, -0.2) is 37.3 Å². The van der Waals surface area contributed by atoms with Gasteiger partial charge in [0.05, 0.1) is 48.4 Å². The fraction of sp³-hybridized carbons (Fsp3) is 0.500. The molecule has 1 aliphatic rings. The van der Waals surface area contributed by atoms with E-state index in [1.54, 1.807) is 12.5 Å². The number of aryl methyl sites for hydroxylation is 1. The second-order valence-corrected chi connectivity index (χ2v) is 5.95. The molecule has 3 rings (SSSR count). The molecule has 0 bridgehead atoms. The van der Waals surface area contributed by atoms with Gasteiger partial charge in [-0.1, -0.05) is 0 Å². The first-order valence-corrected chi connectivity index (χ1v) is 7.91. The van der Waals surface area contributed by atoms with Crippen molar-refractivity contribution in [1.82, 2.24) is 30.2 Å². The summed E-state index contributed by atoms with van der Waals surface area (Å²) < 4.78 is 0. The summed E-state index contributed by atoms with van der Waals surface area (Å²) in [4.78, 5) is 29.9. The second kappa shape index (κ2) is 6.87. The van der Waals surface area contributed by atoms with E-state index in [1.807, 2.05) is 13.1 Å². The molecule has 2 aromatic heterocycles. The lowest BCUT2D eigenvalue weighted by Gasteiger charge is -2.23. The first-order chi connectivity index (χ1) is 11.1. The number of aromatic amines is 1. The smallest absolute Gasteiger partial charge is 0.217 e.